The SMILES string of the molecule is CCNC(=NCC(C)(O)c1cccs1)NCCCN1CC(C)OC(C)C1.I. The molecule has 8 heteroatoms. The molecule has 0 radical (unpaired) electrons. The minimum atomic E-state index is -0.934. The molecule has 27 heavy (non-hydrogen) atoms. The summed E-state index contributed by atoms with van der Waals surface area (Å²) in [6.45, 7) is 13.2. The number of thiophene rings is 1. The van der Waals surface area contributed by atoms with Crippen molar-refractivity contribution in [3.05, 3.63) is 22.4 Å². The molecule has 1 aromatic heterocycles. The van der Waals surface area contributed by atoms with Crippen molar-refractivity contribution in [1.82, 2.24) is 15.5 Å². The largest absolute Gasteiger partial charge is 0.383 e. The molecule has 1 aliphatic heterocycles. The van der Waals surface area contributed by atoms with E-state index in [-0.39, 0.29) is 24.0 Å². The highest BCUT2D eigenvalue weighted by molar-refractivity contribution is 14.0. The number of ether oxygens (including phenoxy) is 1. The second kappa shape index (κ2) is 12.2. The predicted octanol–water partition coefficient (Wildman–Crippen LogP) is 2.63. The molecule has 3 unspecified atom stereocenters. The average Bonchev–Trinajstić information content (AvgIpc) is 3.11. The van der Waals surface area contributed by atoms with E-state index in [1.807, 2.05) is 31.4 Å². The topological polar surface area (TPSA) is 69.1 Å². The van der Waals surface area contributed by atoms with E-state index in [1.54, 1.807) is 11.3 Å². The van der Waals surface area contributed by atoms with Gasteiger partial charge in [0.2, 0.25) is 0 Å². The minimum absolute atomic E-state index is 0. The second-order valence-corrected chi connectivity index (χ2v) is 8.19. The first-order valence-electron chi connectivity index (χ1n) is 9.57. The van der Waals surface area contributed by atoms with Gasteiger partial charge in [0, 0.05) is 37.6 Å². The predicted molar refractivity (Wildman–Crippen MR) is 124 cm³/mol. The van der Waals surface area contributed by atoms with Gasteiger partial charge in [-0.15, -0.1) is 35.3 Å². The zero-order valence-electron chi connectivity index (χ0n) is 16.9. The number of nitrogens with one attached hydrogen (secondary N) is 2. The van der Waals surface area contributed by atoms with Gasteiger partial charge in [0.1, 0.15) is 5.60 Å². The lowest BCUT2D eigenvalue weighted by molar-refractivity contribution is -0.0679. The Morgan fingerprint density at radius 1 is 1.37 bits per heavy atom. The fourth-order valence-electron chi connectivity index (χ4n) is 3.21. The van der Waals surface area contributed by atoms with Crippen molar-refractivity contribution in [2.45, 2.75) is 51.9 Å². The van der Waals surface area contributed by atoms with Crippen LogP contribution in [-0.2, 0) is 10.3 Å². The summed E-state index contributed by atoms with van der Waals surface area (Å²) >= 11 is 1.56. The molecule has 2 rings (SSSR count). The summed E-state index contributed by atoms with van der Waals surface area (Å²) in [5.41, 5.74) is -0.934. The van der Waals surface area contributed by atoms with E-state index in [0.717, 1.165) is 50.0 Å². The molecule has 1 fully saturated rings. The highest BCUT2D eigenvalue weighted by atomic mass is 127. The number of nitrogens with zero attached hydrogens (tertiary/aromatic N) is 2. The van der Waals surface area contributed by atoms with Crippen molar-refractivity contribution in [2.24, 2.45) is 4.99 Å². The summed E-state index contributed by atoms with van der Waals surface area (Å²) in [4.78, 5) is 7.97. The third kappa shape index (κ3) is 8.64. The molecule has 156 valence electrons. The van der Waals surface area contributed by atoms with Crippen LogP contribution in [0, 0.1) is 0 Å². The van der Waals surface area contributed by atoms with E-state index >= 15 is 0 Å². The van der Waals surface area contributed by atoms with Crippen molar-refractivity contribution >= 4 is 41.3 Å². The first kappa shape index (κ1) is 24.6. The fraction of sp³-hybridized carbons (Fsp3) is 0.737. The van der Waals surface area contributed by atoms with Crippen LogP contribution in [0.5, 0.6) is 0 Å². The van der Waals surface area contributed by atoms with Crippen LogP contribution in [0.25, 0.3) is 0 Å². The monoisotopic (exact) mass is 510 g/mol. The summed E-state index contributed by atoms with van der Waals surface area (Å²) in [5, 5.41) is 19.2. The van der Waals surface area contributed by atoms with E-state index in [1.165, 1.54) is 0 Å². The molecule has 0 saturated carbocycles. The molecular formula is C19H35IN4O2S. The Hall–Kier alpha value is -0.420. The Morgan fingerprint density at radius 2 is 2.07 bits per heavy atom. The van der Waals surface area contributed by atoms with Gasteiger partial charge >= 0.3 is 0 Å². The van der Waals surface area contributed by atoms with Crippen LogP contribution in [-0.4, -0.2) is 67.4 Å². The van der Waals surface area contributed by atoms with Crippen molar-refractivity contribution in [1.29, 1.82) is 0 Å². The van der Waals surface area contributed by atoms with Crippen molar-refractivity contribution < 1.29 is 9.84 Å². The second-order valence-electron chi connectivity index (χ2n) is 7.24. The standard InChI is InChI=1S/C19H34N4O2S.HI/c1-5-20-18(22-14-19(4,24)17-8-6-11-26-17)21-9-7-10-23-12-15(2)25-16(3)13-23;/h6,8,11,15-16,24H,5,7,9-10,12-14H2,1-4H3,(H2,20,21,22);1H. The van der Waals surface area contributed by atoms with Gasteiger partial charge in [0.15, 0.2) is 5.96 Å². The van der Waals surface area contributed by atoms with Gasteiger partial charge in [-0.05, 0) is 45.6 Å². The third-order valence-corrected chi connectivity index (χ3v) is 5.50. The van der Waals surface area contributed by atoms with Gasteiger partial charge in [-0.1, -0.05) is 6.07 Å². The first-order chi connectivity index (χ1) is 12.4. The van der Waals surface area contributed by atoms with Gasteiger partial charge in [-0.3, -0.25) is 4.90 Å². The van der Waals surface area contributed by atoms with Crippen LogP contribution in [0.4, 0.5) is 0 Å². The van der Waals surface area contributed by atoms with E-state index in [0.29, 0.717) is 18.8 Å². The van der Waals surface area contributed by atoms with Gasteiger partial charge in [0.25, 0.3) is 0 Å². The molecule has 1 aromatic rings. The van der Waals surface area contributed by atoms with Gasteiger partial charge in [-0.2, -0.15) is 0 Å². The molecule has 0 aromatic carbocycles. The summed E-state index contributed by atoms with van der Waals surface area (Å²) in [6.07, 6.45) is 1.67. The van der Waals surface area contributed by atoms with E-state index in [9.17, 15) is 5.11 Å². The number of guanidine groups is 1. The van der Waals surface area contributed by atoms with Crippen molar-refractivity contribution in [3.63, 3.8) is 0 Å². The molecule has 1 saturated heterocycles. The van der Waals surface area contributed by atoms with Crippen LogP contribution in [0.15, 0.2) is 22.5 Å². The Bertz CT molecular complexity index is 544. The summed E-state index contributed by atoms with van der Waals surface area (Å²) in [7, 11) is 0. The van der Waals surface area contributed by atoms with Crippen LogP contribution >= 0.6 is 35.3 Å². The number of hydrogen-bond donors (Lipinski definition) is 3. The zero-order valence-corrected chi connectivity index (χ0v) is 20.0. The van der Waals surface area contributed by atoms with E-state index < -0.39 is 5.60 Å². The molecule has 0 amide bonds. The van der Waals surface area contributed by atoms with Crippen LogP contribution < -0.4 is 10.6 Å². The average molecular weight is 510 g/mol. The first-order valence-corrected chi connectivity index (χ1v) is 10.4. The maximum absolute atomic E-state index is 10.6. The van der Waals surface area contributed by atoms with E-state index in [4.69, 9.17) is 4.74 Å². The third-order valence-electron chi connectivity index (χ3n) is 4.38. The van der Waals surface area contributed by atoms with E-state index in [2.05, 4.69) is 34.4 Å². The van der Waals surface area contributed by atoms with Crippen LogP contribution in [0.1, 0.15) is 39.0 Å². The molecule has 3 N–H and O–H groups in total. The van der Waals surface area contributed by atoms with Crippen LogP contribution in [0.2, 0.25) is 0 Å². The molecular weight excluding hydrogens is 475 g/mol. The van der Waals surface area contributed by atoms with Crippen molar-refractivity contribution in [2.75, 3.05) is 39.3 Å². The number of morpholine rings is 1. The Labute approximate surface area is 184 Å². The fourth-order valence-corrected chi connectivity index (χ4v) is 3.99. The molecule has 3 atom stereocenters. The lowest BCUT2D eigenvalue weighted by atomic mass is 10.1. The molecule has 2 heterocycles. The molecule has 0 bridgehead atoms. The molecule has 0 aliphatic carbocycles. The lowest BCUT2D eigenvalue weighted by Gasteiger charge is -2.35. The molecule has 1 aliphatic rings. The number of aliphatic imine (C=N–C) groups is 1. The van der Waals surface area contributed by atoms with Crippen molar-refractivity contribution in [3.8, 4) is 0 Å². The number of hydrogen-bond acceptors (Lipinski definition) is 5. The maximum Gasteiger partial charge on any atom is 0.191 e. The normalized spacial score (nSPS) is 23.4. The number of aliphatic hydroxyl groups is 1. The molecule has 0 spiro atoms. The van der Waals surface area contributed by atoms with Gasteiger partial charge in [0.05, 0.1) is 18.8 Å². The zero-order chi connectivity index (χ0) is 19.0. The lowest BCUT2D eigenvalue weighted by Crippen LogP contribution is -2.46. The Morgan fingerprint density at radius 3 is 2.67 bits per heavy atom. The Kier molecular flexibility index (Phi) is 11.1. The maximum atomic E-state index is 10.6. The summed E-state index contributed by atoms with van der Waals surface area (Å²) in [5.74, 6) is 0.757. The Balaban J connectivity index is 0.00000364. The highest BCUT2D eigenvalue weighted by Gasteiger charge is 2.24. The minimum Gasteiger partial charge on any atom is -0.383 e. The number of halogens is 1. The van der Waals surface area contributed by atoms with Gasteiger partial charge < -0.3 is 20.5 Å². The summed E-state index contributed by atoms with van der Waals surface area (Å²) in [6, 6.07) is 3.90. The summed E-state index contributed by atoms with van der Waals surface area (Å²) < 4.78 is 5.78. The molecule has 6 nitrogen and oxygen atoms in total. The number of rotatable bonds is 8. The van der Waals surface area contributed by atoms with Crippen LogP contribution in [0.3, 0.4) is 0 Å². The quantitative estimate of drug-likeness (QED) is 0.217. The van der Waals surface area contributed by atoms with Gasteiger partial charge in [-0.25, -0.2) is 4.99 Å². The highest BCUT2D eigenvalue weighted by Crippen LogP contribution is 2.25. The smallest absolute Gasteiger partial charge is 0.191 e.